The number of benzene rings is 2. The van der Waals surface area contributed by atoms with Crippen molar-refractivity contribution in [2.75, 3.05) is 24.1 Å². The molecule has 1 amide bonds. The Labute approximate surface area is 186 Å². The summed E-state index contributed by atoms with van der Waals surface area (Å²) >= 11 is 0. The maximum atomic E-state index is 12.3. The first-order valence-corrected chi connectivity index (χ1v) is 10.6. The summed E-state index contributed by atoms with van der Waals surface area (Å²) in [5, 5.41) is 26.1. The molecule has 1 saturated carbocycles. The fourth-order valence-corrected chi connectivity index (χ4v) is 3.56. The largest absolute Gasteiger partial charge is 0.507 e. The predicted octanol–water partition coefficient (Wildman–Crippen LogP) is 3.90. The van der Waals surface area contributed by atoms with Crippen molar-refractivity contribution >= 4 is 17.4 Å². The number of amides is 1. The van der Waals surface area contributed by atoms with Gasteiger partial charge in [0, 0.05) is 29.8 Å². The molecule has 5 N–H and O–H groups in total. The molecule has 7 nitrogen and oxygen atoms in total. The van der Waals surface area contributed by atoms with Gasteiger partial charge in [0.25, 0.3) is 0 Å². The summed E-state index contributed by atoms with van der Waals surface area (Å²) in [6.45, 7) is 1.62. The number of nitrogens with zero attached hydrogens (tertiary/aromatic N) is 2. The van der Waals surface area contributed by atoms with Crippen LogP contribution in [0.3, 0.4) is 0 Å². The summed E-state index contributed by atoms with van der Waals surface area (Å²) in [5.41, 5.74) is 9.25. The maximum absolute atomic E-state index is 12.3. The number of hydrogen-bond donors (Lipinski definition) is 4. The lowest BCUT2D eigenvalue weighted by Crippen LogP contribution is -2.23. The van der Waals surface area contributed by atoms with E-state index in [0.29, 0.717) is 35.5 Å². The number of rotatable bonds is 8. The van der Waals surface area contributed by atoms with Crippen LogP contribution in [0.15, 0.2) is 54.6 Å². The summed E-state index contributed by atoms with van der Waals surface area (Å²) in [7, 11) is 0. The number of nitrogens with two attached hydrogens (primary N) is 1. The van der Waals surface area contributed by atoms with Crippen molar-refractivity contribution in [1.29, 1.82) is 5.26 Å². The van der Waals surface area contributed by atoms with E-state index in [1.807, 2.05) is 12.1 Å². The van der Waals surface area contributed by atoms with E-state index in [1.54, 1.807) is 42.5 Å². The molecule has 0 spiro atoms. The van der Waals surface area contributed by atoms with Gasteiger partial charge in [-0.2, -0.15) is 5.26 Å². The Kier molecular flexibility index (Phi) is 6.34. The number of para-hydroxylation sites is 1. The molecule has 0 aliphatic heterocycles. The first-order chi connectivity index (χ1) is 15.5. The van der Waals surface area contributed by atoms with Crippen LogP contribution in [-0.2, 0) is 4.79 Å². The number of hydrogen-bond acceptors (Lipinski definition) is 6. The van der Waals surface area contributed by atoms with Crippen molar-refractivity contribution in [2.45, 2.75) is 19.3 Å². The highest BCUT2D eigenvalue weighted by atomic mass is 16.3. The summed E-state index contributed by atoms with van der Waals surface area (Å²) in [5.74, 6) is 0.862. The molecule has 1 fully saturated rings. The lowest BCUT2D eigenvalue weighted by molar-refractivity contribution is -0.116. The van der Waals surface area contributed by atoms with Gasteiger partial charge in [0.05, 0.1) is 5.69 Å². The van der Waals surface area contributed by atoms with Gasteiger partial charge in [0.2, 0.25) is 5.91 Å². The third kappa shape index (κ3) is 5.05. The molecule has 3 aromatic rings. The molecule has 1 aliphatic rings. The van der Waals surface area contributed by atoms with Crippen LogP contribution >= 0.6 is 0 Å². The zero-order valence-corrected chi connectivity index (χ0v) is 17.6. The van der Waals surface area contributed by atoms with Crippen molar-refractivity contribution in [1.82, 2.24) is 10.3 Å². The Bertz CT molecular complexity index is 1180. The van der Waals surface area contributed by atoms with Crippen molar-refractivity contribution in [3.05, 3.63) is 60.2 Å². The maximum Gasteiger partial charge on any atom is 0.225 e. The molecule has 1 aliphatic carbocycles. The van der Waals surface area contributed by atoms with Gasteiger partial charge in [0.1, 0.15) is 23.2 Å². The predicted molar refractivity (Wildman–Crippen MR) is 125 cm³/mol. The number of nitrogen functional groups attached to an aromatic ring is 1. The van der Waals surface area contributed by atoms with Gasteiger partial charge in [-0.3, -0.25) is 4.79 Å². The molecule has 1 heterocycles. The van der Waals surface area contributed by atoms with Crippen molar-refractivity contribution in [3.8, 4) is 34.2 Å². The van der Waals surface area contributed by atoms with E-state index in [4.69, 9.17) is 5.73 Å². The number of aromatic nitrogens is 1. The normalized spacial score (nSPS) is 12.8. The van der Waals surface area contributed by atoms with Gasteiger partial charge in [-0.25, -0.2) is 4.98 Å². The average molecular weight is 428 g/mol. The fraction of sp³-hybridized carbons (Fsp3) is 0.240. The minimum Gasteiger partial charge on any atom is -0.507 e. The van der Waals surface area contributed by atoms with Gasteiger partial charge in [-0.15, -0.1) is 0 Å². The van der Waals surface area contributed by atoms with Crippen LogP contribution < -0.4 is 16.4 Å². The molecule has 7 heteroatoms. The number of pyridine rings is 1. The average Bonchev–Trinajstić information content (AvgIpc) is 3.61. The molecule has 0 atom stereocenters. The molecule has 162 valence electrons. The highest BCUT2D eigenvalue weighted by Crippen LogP contribution is 2.35. The van der Waals surface area contributed by atoms with Crippen LogP contribution in [0.4, 0.5) is 11.5 Å². The highest BCUT2D eigenvalue weighted by molar-refractivity contribution is 5.92. The Morgan fingerprint density at radius 1 is 1.16 bits per heavy atom. The van der Waals surface area contributed by atoms with Crippen LogP contribution in [0.5, 0.6) is 5.75 Å². The lowest BCUT2D eigenvalue weighted by Gasteiger charge is -2.12. The van der Waals surface area contributed by atoms with E-state index in [-0.39, 0.29) is 23.0 Å². The van der Waals surface area contributed by atoms with Crippen LogP contribution in [0.25, 0.3) is 22.4 Å². The zero-order chi connectivity index (χ0) is 22.5. The fourth-order valence-electron chi connectivity index (χ4n) is 3.56. The minimum absolute atomic E-state index is 0.0740. The highest BCUT2D eigenvalue weighted by Gasteiger charge is 2.20. The Balaban J connectivity index is 1.57. The number of phenolic OH excluding ortho intramolecular Hbond substituents is 1. The van der Waals surface area contributed by atoms with Gasteiger partial charge >= 0.3 is 0 Å². The second-order valence-corrected chi connectivity index (χ2v) is 7.97. The van der Waals surface area contributed by atoms with E-state index in [0.717, 1.165) is 18.0 Å². The van der Waals surface area contributed by atoms with E-state index in [2.05, 4.69) is 21.7 Å². The number of anilines is 2. The van der Waals surface area contributed by atoms with Crippen molar-refractivity contribution in [3.63, 3.8) is 0 Å². The number of nitriles is 1. The second-order valence-electron chi connectivity index (χ2n) is 7.97. The molecular weight excluding hydrogens is 402 g/mol. The van der Waals surface area contributed by atoms with Crippen LogP contribution in [-0.4, -0.2) is 29.1 Å². The van der Waals surface area contributed by atoms with Crippen LogP contribution in [0.1, 0.15) is 24.8 Å². The Morgan fingerprint density at radius 2 is 1.97 bits per heavy atom. The molecule has 2 aromatic carbocycles. The number of phenols is 1. The summed E-state index contributed by atoms with van der Waals surface area (Å²) in [6.07, 6.45) is 2.95. The molecule has 0 unspecified atom stereocenters. The van der Waals surface area contributed by atoms with Crippen LogP contribution in [0, 0.1) is 17.2 Å². The monoisotopic (exact) mass is 427 g/mol. The van der Waals surface area contributed by atoms with Crippen LogP contribution in [0.2, 0.25) is 0 Å². The topological polar surface area (TPSA) is 124 Å². The SMILES string of the molecule is N#Cc1c(-c2cccc(NC(=O)CCNCC3CC3)c2)cc(-c2ccccc2O)nc1N. The quantitative estimate of drug-likeness (QED) is 0.404. The summed E-state index contributed by atoms with van der Waals surface area (Å²) in [4.78, 5) is 16.6. The number of nitrogens with one attached hydrogen (secondary N) is 2. The summed E-state index contributed by atoms with van der Waals surface area (Å²) < 4.78 is 0. The molecule has 4 rings (SSSR count). The van der Waals surface area contributed by atoms with Gasteiger partial charge in [0.15, 0.2) is 0 Å². The number of carbonyl (C=O) groups excluding carboxylic acids is 1. The molecular formula is C25H25N5O2. The summed E-state index contributed by atoms with van der Waals surface area (Å²) in [6, 6.07) is 17.9. The van der Waals surface area contributed by atoms with Gasteiger partial charge in [-0.1, -0.05) is 24.3 Å². The van der Waals surface area contributed by atoms with Crippen molar-refractivity contribution in [2.24, 2.45) is 5.92 Å². The molecule has 0 bridgehead atoms. The van der Waals surface area contributed by atoms with E-state index >= 15 is 0 Å². The van der Waals surface area contributed by atoms with E-state index < -0.39 is 0 Å². The molecule has 1 aromatic heterocycles. The van der Waals surface area contributed by atoms with Gasteiger partial charge < -0.3 is 21.5 Å². The number of aromatic hydroxyl groups is 1. The third-order valence-electron chi connectivity index (χ3n) is 5.46. The van der Waals surface area contributed by atoms with Crippen molar-refractivity contribution < 1.29 is 9.90 Å². The molecule has 0 radical (unpaired) electrons. The van der Waals surface area contributed by atoms with E-state index in [1.165, 1.54) is 12.8 Å². The minimum atomic E-state index is -0.0740. The third-order valence-corrected chi connectivity index (χ3v) is 5.46. The molecule has 0 saturated heterocycles. The molecule has 32 heavy (non-hydrogen) atoms. The van der Waals surface area contributed by atoms with E-state index in [9.17, 15) is 15.2 Å². The zero-order valence-electron chi connectivity index (χ0n) is 17.6. The number of carbonyl (C=O) groups is 1. The first kappa shape index (κ1) is 21.3. The lowest BCUT2D eigenvalue weighted by atomic mass is 9.97. The standard InChI is InChI=1S/C25H25N5O2/c26-14-21-20(13-22(30-25(21)27)19-6-1-2-7-23(19)31)17-4-3-5-18(12-17)29-24(32)10-11-28-15-16-8-9-16/h1-7,12-13,16,28,31H,8-11,15H2,(H2,27,30)(H,29,32). The second kappa shape index (κ2) is 9.50. The first-order valence-electron chi connectivity index (χ1n) is 10.6. The smallest absolute Gasteiger partial charge is 0.225 e. The Morgan fingerprint density at radius 3 is 2.72 bits per heavy atom. The Hall–Kier alpha value is -3.89. The van der Waals surface area contributed by atoms with Gasteiger partial charge in [-0.05, 0) is 61.2 Å².